The predicted molar refractivity (Wildman–Crippen MR) is 112 cm³/mol. The minimum Gasteiger partial charge on any atom is -0.463 e. The van der Waals surface area contributed by atoms with Gasteiger partial charge in [0, 0.05) is 29.8 Å². The van der Waals surface area contributed by atoms with Gasteiger partial charge in [-0.25, -0.2) is 14.8 Å². The van der Waals surface area contributed by atoms with Crippen molar-refractivity contribution in [1.82, 2.24) is 20.2 Å². The van der Waals surface area contributed by atoms with Crippen molar-refractivity contribution < 1.29 is 18.7 Å². The largest absolute Gasteiger partial charge is 0.463 e. The molecule has 3 N–H and O–H groups in total. The maximum absolute atomic E-state index is 11.5. The molecule has 2 atom stereocenters. The van der Waals surface area contributed by atoms with Gasteiger partial charge in [0.15, 0.2) is 5.65 Å². The summed E-state index contributed by atoms with van der Waals surface area (Å²) in [7, 11) is 1.29. The number of H-pyrrole nitrogens is 1. The van der Waals surface area contributed by atoms with E-state index in [0.717, 1.165) is 41.7 Å². The molecule has 0 radical (unpaired) electrons. The van der Waals surface area contributed by atoms with Crippen LogP contribution < -0.4 is 10.5 Å². The molecule has 0 aliphatic heterocycles. The van der Waals surface area contributed by atoms with Crippen molar-refractivity contribution in [1.29, 1.82) is 0 Å². The molecule has 0 spiro atoms. The summed E-state index contributed by atoms with van der Waals surface area (Å²) in [6.07, 6.45) is 4.76. The minimum absolute atomic E-state index is 0.0806. The van der Waals surface area contributed by atoms with Gasteiger partial charge in [0.2, 0.25) is 5.76 Å². The average molecular weight is 419 g/mol. The summed E-state index contributed by atoms with van der Waals surface area (Å²) >= 11 is 0. The van der Waals surface area contributed by atoms with Crippen LogP contribution >= 0.6 is 0 Å². The van der Waals surface area contributed by atoms with Crippen molar-refractivity contribution in [3.63, 3.8) is 0 Å². The highest BCUT2D eigenvalue weighted by molar-refractivity contribution is 5.90. The first-order chi connectivity index (χ1) is 15.1. The number of hydrogen-bond acceptors (Lipinski definition) is 8. The zero-order chi connectivity index (χ0) is 21.4. The number of aromatic nitrogens is 4. The minimum atomic E-state index is -0.558. The molecule has 5 rings (SSSR count). The molecule has 1 aliphatic carbocycles. The first kappa shape index (κ1) is 19.3. The molecule has 4 aromatic rings. The van der Waals surface area contributed by atoms with Crippen LogP contribution in [0.2, 0.25) is 0 Å². The molecule has 1 saturated carbocycles. The van der Waals surface area contributed by atoms with Crippen molar-refractivity contribution in [3.05, 3.63) is 54.2 Å². The fourth-order valence-corrected chi connectivity index (χ4v) is 3.88. The maximum Gasteiger partial charge on any atom is 0.374 e. The second-order valence-corrected chi connectivity index (χ2v) is 7.57. The zero-order valence-corrected chi connectivity index (χ0v) is 16.9. The molecular weight excluding hydrogens is 398 g/mol. The summed E-state index contributed by atoms with van der Waals surface area (Å²) < 4.78 is 15.6. The molecule has 3 aromatic heterocycles. The molecule has 9 heteroatoms. The Morgan fingerprint density at radius 1 is 1.19 bits per heavy atom. The third-order valence-corrected chi connectivity index (χ3v) is 5.50. The van der Waals surface area contributed by atoms with Gasteiger partial charge in [0.05, 0.1) is 18.2 Å². The standard InChI is InChI=1S/C22H21N5O4/c1-29-22(28)17-8-9-18(31-17)30-15-6-3-12(4-7-15)19-16-11-24-20(25-21(16)27-26-19)13-2-5-14(23)10-13/h3-4,6-9,11,13-14H,2,5,10,23H2,1H3,(H,24,25,26,27). The van der Waals surface area contributed by atoms with Crippen LogP contribution in [0.4, 0.5) is 0 Å². The van der Waals surface area contributed by atoms with Gasteiger partial charge in [-0.3, -0.25) is 5.10 Å². The normalized spacial score (nSPS) is 18.4. The van der Waals surface area contributed by atoms with Crippen molar-refractivity contribution in [2.75, 3.05) is 7.11 Å². The third-order valence-electron chi connectivity index (χ3n) is 5.50. The summed E-state index contributed by atoms with van der Waals surface area (Å²) in [6.45, 7) is 0. The molecule has 9 nitrogen and oxygen atoms in total. The fraction of sp³-hybridized carbons (Fsp3) is 0.273. The number of nitrogens with two attached hydrogens (primary N) is 1. The number of methoxy groups -OCH3 is 1. The SMILES string of the molecule is COC(=O)c1ccc(Oc2ccc(-c3[nH]nc4nc(C5CCC(N)C5)ncc34)cc2)o1. The zero-order valence-electron chi connectivity index (χ0n) is 16.9. The topological polar surface area (TPSA) is 129 Å². The lowest BCUT2D eigenvalue weighted by atomic mass is 10.1. The fourth-order valence-electron chi connectivity index (χ4n) is 3.88. The molecular formula is C22H21N5O4. The van der Waals surface area contributed by atoms with E-state index in [2.05, 4.69) is 24.9 Å². The van der Waals surface area contributed by atoms with Crippen LogP contribution in [0, 0.1) is 0 Å². The van der Waals surface area contributed by atoms with Crippen LogP contribution in [-0.2, 0) is 4.74 Å². The Kier molecular flexibility index (Phi) is 4.87. The van der Waals surface area contributed by atoms with E-state index < -0.39 is 5.97 Å². The van der Waals surface area contributed by atoms with Crippen molar-refractivity contribution >= 4 is 17.0 Å². The Morgan fingerprint density at radius 2 is 2.03 bits per heavy atom. The molecule has 3 heterocycles. The Hall–Kier alpha value is -3.72. The van der Waals surface area contributed by atoms with Gasteiger partial charge in [0.25, 0.3) is 5.95 Å². The molecule has 31 heavy (non-hydrogen) atoms. The number of hydrogen-bond donors (Lipinski definition) is 2. The predicted octanol–water partition coefficient (Wildman–Crippen LogP) is 3.79. The van der Waals surface area contributed by atoms with Gasteiger partial charge in [-0.1, -0.05) is 0 Å². The van der Waals surface area contributed by atoms with E-state index in [9.17, 15) is 4.79 Å². The summed E-state index contributed by atoms with van der Waals surface area (Å²) in [6, 6.07) is 10.7. The lowest BCUT2D eigenvalue weighted by molar-refractivity contribution is 0.0560. The van der Waals surface area contributed by atoms with Crippen LogP contribution in [0.1, 0.15) is 41.6 Å². The van der Waals surface area contributed by atoms with E-state index in [1.165, 1.54) is 13.2 Å². The van der Waals surface area contributed by atoms with Crippen molar-refractivity contribution in [3.8, 4) is 23.0 Å². The van der Waals surface area contributed by atoms with Crippen LogP contribution in [0.3, 0.4) is 0 Å². The highest BCUT2D eigenvalue weighted by Crippen LogP contribution is 2.33. The Morgan fingerprint density at radius 3 is 2.77 bits per heavy atom. The van der Waals surface area contributed by atoms with Crippen LogP contribution in [0.5, 0.6) is 11.7 Å². The number of ether oxygens (including phenoxy) is 2. The Balaban J connectivity index is 1.34. The van der Waals surface area contributed by atoms with Crippen LogP contribution in [0.15, 0.2) is 47.0 Å². The van der Waals surface area contributed by atoms with Gasteiger partial charge in [-0.05, 0) is 49.6 Å². The maximum atomic E-state index is 11.5. The number of aromatic amines is 1. The van der Waals surface area contributed by atoms with Gasteiger partial charge in [-0.2, -0.15) is 5.10 Å². The third kappa shape index (κ3) is 3.75. The van der Waals surface area contributed by atoms with Gasteiger partial charge >= 0.3 is 5.97 Å². The number of benzene rings is 1. The highest BCUT2D eigenvalue weighted by atomic mass is 16.6. The smallest absolute Gasteiger partial charge is 0.374 e. The Bertz CT molecular complexity index is 1230. The van der Waals surface area contributed by atoms with E-state index in [-0.39, 0.29) is 17.7 Å². The van der Waals surface area contributed by atoms with E-state index in [4.69, 9.17) is 14.9 Å². The lowest BCUT2D eigenvalue weighted by Gasteiger charge is -2.07. The second kappa shape index (κ2) is 7.84. The van der Waals surface area contributed by atoms with E-state index in [0.29, 0.717) is 17.3 Å². The van der Waals surface area contributed by atoms with E-state index >= 15 is 0 Å². The highest BCUT2D eigenvalue weighted by Gasteiger charge is 2.26. The molecule has 0 amide bonds. The number of carbonyl (C=O) groups is 1. The Labute approximate surface area is 177 Å². The average Bonchev–Trinajstić information content (AvgIpc) is 3.53. The molecule has 0 bridgehead atoms. The first-order valence-corrected chi connectivity index (χ1v) is 10.0. The monoisotopic (exact) mass is 419 g/mol. The first-order valence-electron chi connectivity index (χ1n) is 10.0. The number of nitrogens with one attached hydrogen (secondary N) is 1. The van der Waals surface area contributed by atoms with E-state index in [1.807, 2.05) is 18.3 Å². The molecule has 1 fully saturated rings. The number of rotatable bonds is 5. The van der Waals surface area contributed by atoms with Crippen LogP contribution in [0.25, 0.3) is 22.3 Å². The van der Waals surface area contributed by atoms with E-state index in [1.54, 1.807) is 18.2 Å². The van der Waals surface area contributed by atoms with Gasteiger partial charge in [-0.15, -0.1) is 0 Å². The lowest BCUT2D eigenvalue weighted by Crippen LogP contribution is -2.14. The molecule has 158 valence electrons. The van der Waals surface area contributed by atoms with Crippen molar-refractivity contribution in [2.45, 2.75) is 31.2 Å². The van der Waals surface area contributed by atoms with Crippen LogP contribution in [-0.4, -0.2) is 39.3 Å². The van der Waals surface area contributed by atoms with Gasteiger partial charge < -0.3 is 19.6 Å². The van der Waals surface area contributed by atoms with Gasteiger partial charge in [0.1, 0.15) is 11.6 Å². The van der Waals surface area contributed by atoms with Crippen molar-refractivity contribution in [2.24, 2.45) is 5.73 Å². The molecule has 1 aromatic carbocycles. The number of carbonyl (C=O) groups excluding carboxylic acids is 1. The number of esters is 1. The summed E-state index contributed by atoms with van der Waals surface area (Å²) in [5, 5.41) is 8.28. The summed E-state index contributed by atoms with van der Waals surface area (Å²) in [5.74, 6) is 1.40. The second-order valence-electron chi connectivity index (χ2n) is 7.57. The summed E-state index contributed by atoms with van der Waals surface area (Å²) in [4.78, 5) is 20.7. The number of fused-ring (bicyclic) bond motifs is 1. The number of nitrogens with zero attached hydrogens (tertiary/aromatic N) is 3. The number of furan rings is 1. The quantitative estimate of drug-likeness (QED) is 0.468. The molecule has 2 unspecified atom stereocenters. The molecule has 0 saturated heterocycles. The molecule has 1 aliphatic rings. The summed E-state index contributed by atoms with van der Waals surface area (Å²) in [5.41, 5.74) is 8.42.